The Morgan fingerprint density at radius 3 is 2.54 bits per heavy atom. The van der Waals surface area contributed by atoms with Crippen LogP contribution in [-0.2, 0) is 11.3 Å². The van der Waals surface area contributed by atoms with Crippen molar-refractivity contribution >= 4 is 40.6 Å². The van der Waals surface area contributed by atoms with E-state index in [-0.39, 0.29) is 17.6 Å². The standard InChI is InChI=1S/C19H21N5O2S2/c1-4-24-17(15-6-5-11-27-15)21-22-19(24)28-12-16(25)20-14-9-7-13(8-10-14)18(26)23(2)3/h5-11H,4,12H2,1-3H3,(H,20,25). The maximum Gasteiger partial charge on any atom is 0.253 e. The lowest BCUT2D eigenvalue weighted by Crippen LogP contribution is -2.21. The van der Waals surface area contributed by atoms with Crippen LogP contribution in [0.15, 0.2) is 46.9 Å². The van der Waals surface area contributed by atoms with E-state index in [1.807, 2.05) is 29.0 Å². The molecule has 0 aliphatic carbocycles. The first-order chi connectivity index (χ1) is 13.5. The molecule has 3 aromatic rings. The normalized spacial score (nSPS) is 10.7. The van der Waals surface area contributed by atoms with Crippen molar-refractivity contribution in [1.82, 2.24) is 19.7 Å². The highest BCUT2D eigenvalue weighted by Gasteiger charge is 2.15. The molecule has 9 heteroatoms. The molecular formula is C19H21N5O2S2. The lowest BCUT2D eigenvalue weighted by molar-refractivity contribution is -0.113. The summed E-state index contributed by atoms with van der Waals surface area (Å²) in [6, 6.07) is 10.8. The van der Waals surface area contributed by atoms with Gasteiger partial charge in [0.2, 0.25) is 5.91 Å². The summed E-state index contributed by atoms with van der Waals surface area (Å²) in [5.74, 6) is 0.830. The van der Waals surface area contributed by atoms with Gasteiger partial charge in [0, 0.05) is 31.9 Å². The molecule has 0 atom stereocenters. The number of carbonyl (C=O) groups is 2. The summed E-state index contributed by atoms with van der Waals surface area (Å²) in [6.45, 7) is 2.76. The SMILES string of the molecule is CCn1c(SCC(=O)Nc2ccc(C(=O)N(C)C)cc2)nnc1-c1cccs1. The number of carbonyl (C=O) groups excluding carboxylic acids is 2. The number of thioether (sulfide) groups is 1. The van der Waals surface area contributed by atoms with Crippen molar-refractivity contribution in [3.8, 4) is 10.7 Å². The van der Waals surface area contributed by atoms with Gasteiger partial charge in [0.25, 0.3) is 5.91 Å². The van der Waals surface area contributed by atoms with E-state index in [0.717, 1.165) is 17.2 Å². The number of anilines is 1. The largest absolute Gasteiger partial charge is 0.345 e. The molecule has 1 aromatic carbocycles. The average Bonchev–Trinajstić information content (AvgIpc) is 3.35. The van der Waals surface area contributed by atoms with E-state index in [1.165, 1.54) is 16.7 Å². The number of benzene rings is 1. The quantitative estimate of drug-likeness (QED) is 0.598. The summed E-state index contributed by atoms with van der Waals surface area (Å²) in [5.41, 5.74) is 1.23. The van der Waals surface area contributed by atoms with Gasteiger partial charge in [-0.2, -0.15) is 0 Å². The first-order valence-corrected chi connectivity index (χ1v) is 10.6. The van der Waals surface area contributed by atoms with E-state index in [4.69, 9.17) is 0 Å². The van der Waals surface area contributed by atoms with Crippen molar-refractivity contribution in [2.75, 3.05) is 25.2 Å². The summed E-state index contributed by atoms with van der Waals surface area (Å²) in [4.78, 5) is 26.8. The molecule has 0 aliphatic heterocycles. The summed E-state index contributed by atoms with van der Waals surface area (Å²) in [7, 11) is 3.41. The highest BCUT2D eigenvalue weighted by molar-refractivity contribution is 7.99. The molecule has 0 fully saturated rings. The molecule has 3 rings (SSSR count). The summed E-state index contributed by atoms with van der Waals surface area (Å²) in [6.07, 6.45) is 0. The van der Waals surface area contributed by atoms with Crippen LogP contribution in [0.4, 0.5) is 5.69 Å². The monoisotopic (exact) mass is 415 g/mol. The third-order valence-corrected chi connectivity index (χ3v) is 5.76. The molecule has 2 heterocycles. The molecule has 0 unspecified atom stereocenters. The predicted molar refractivity (Wildman–Crippen MR) is 113 cm³/mol. The molecule has 0 aliphatic rings. The molecule has 0 bridgehead atoms. The Morgan fingerprint density at radius 2 is 1.93 bits per heavy atom. The Balaban J connectivity index is 1.60. The van der Waals surface area contributed by atoms with Gasteiger partial charge in [0.1, 0.15) is 0 Å². The van der Waals surface area contributed by atoms with Gasteiger partial charge in [0.05, 0.1) is 10.6 Å². The first-order valence-electron chi connectivity index (χ1n) is 8.71. The summed E-state index contributed by atoms with van der Waals surface area (Å²) in [5, 5.41) is 14.1. The minimum Gasteiger partial charge on any atom is -0.345 e. The Bertz CT molecular complexity index is 949. The van der Waals surface area contributed by atoms with Crippen molar-refractivity contribution in [2.45, 2.75) is 18.6 Å². The predicted octanol–water partition coefficient (Wildman–Crippen LogP) is 3.46. The molecule has 7 nitrogen and oxygen atoms in total. The Labute approximate surface area is 171 Å². The molecule has 0 saturated heterocycles. The van der Waals surface area contributed by atoms with E-state index >= 15 is 0 Å². The molecule has 2 aromatic heterocycles. The van der Waals surface area contributed by atoms with Crippen molar-refractivity contribution in [1.29, 1.82) is 0 Å². The van der Waals surface area contributed by atoms with Gasteiger partial charge in [-0.3, -0.25) is 9.59 Å². The molecule has 28 heavy (non-hydrogen) atoms. The van der Waals surface area contributed by atoms with Crippen LogP contribution in [0.3, 0.4) is 0 Å². The molecule has 146 valence electrons. The number of amides is 2. The first kappa shape index (κ1) is 20.1. The van der Waals surface area contributed by atoms with Crippen LogP contribution in [-0.4, -0.2) is 51.3 Å². The van der Waals surface area contributed by atoms with E-state index in [9.17, 15) is 9.59 Å². The van der Waals surface area contributed by atoms with Crippen LogP contribution in [0.25, 0.3) is 10.7 Å². The number of thiophene rings is 1. The topological polar surface area (TPSA) is 80.1 Å². The van der Waals surface area contributed by atoms with E-state index in [1.54, 1.807) is 49.7 Å². The minimum absolute atomic E-state index is 0.0751. The second-order valence-corrected chi connectivity index (χ2v) is 8.03. The third-order valence-electron chi connectivity index (χ3n) is 3.93. The van der Waals surface area contributed by atoms with E-state index in [2.05, 4.69) is 15.5 Å². The highest BCUT2D eigenvalue weighted by atomic mass is 32.2. The van der Waals surface area contributed by atoms with E-state index in [0.29, 0.717) is 16.4 Å². The molecular weight excluding hydrogens is 394 g/mol. The van der Waals surface area contributed by atoms with Crippen LogP contribution < -0.4 is 5.32 Å². The van der Waals surface area contributed by atoms with Crippen LogP contribution in [0.1, 0.15) is 17.3 Å². The second-order valence-electron chi connectivity index (χ2n) is 6.14. The fourth-order valence-corrected chi connectivity index (χ4v) is 4.07. The van der Waals surface area contributed by atoms with Gasteiger partial charge in [0.15, 0.2) is 11.0 Å². The van der Waals surface area contributed by atoms with E-state index < -0.39 is 0 Å². The number of nitrogens with zero attached hydrogens (tertiary/aromatic N) is 4. The Kier molecular flexibility index (Phi) is 6.48. The van der Waals surface area contributed by atoms with Crippen molar-refractivity contribution < 1.29 is 9.59 Å². The van der Waals surface area contributed by atoms with Crippen LogP contribution in [0, 0.1) is 0 Å². The Morgan fingerprint density at radius 1 is 1.18 bits per heavy atom. The lowest BCUT2D eigenvalue weighted by Gasteiger charge is -2.11. The minimum atomic E-state index is -0.139. The van der Waals surface area contributed by atoms with Crippen LogP contribution in [0.5, 0.6) is 0 Å². The number of hydrogen-bond acceptors (Lipinski definition) is 6. The summed E-state index contributed by atoms with van der Waals surface area (Å²) < 4.78 is 2.01. The van der Waals surface area contributed by atoms with Crippen molar-refractivity contribution in [3.05, 3.63) is 47.3 Å². The molecule has 1 N–H and O–H groups in total. The average molecular weight is 416 g/mol. The van der Waals surface area contributed by atoms with Crippen LogP contribution in [0.2, 0.25) is 0 Å². The molecule has 2 amide bonds. The number of rotatable bonds is 7. The van der Waals surface area contributed by atoms with Crippen LogP contribution >= 0.6 is 23.1 Å². The summed E-state index contributed by atoms with van der Waals surface area (Å²) >= 11 is 2.96. The van der Waals surface area contributed by atoms with Gasteiger partial charge >= 0.3 is 0 Å². The van der Waals surface area contributed by atoms with Crippen molar-refractivity contribution in [3.63, 3.8) is 0 Å². The van der Waals surface area contributed by atoms with Gasteiger partial charge < -0.3 is 14.8 Å². The third kappa shape index (κ3) is 4.60. The maximum atomic E-state index is 12.3. The fraction of sp³-hybridized carbons (Fsp3) is 0.263. The molecule has 0 radical (unpaired) electrons. The number of aromatic nitrogens is 3. The van der Waals surface area contributed by atoms with Gasteiger partial charge in [-0.05, 0) is 42.6 Å². The van der Waals surface area contributed by atoms with Gasteiger partial charge in [-0.15, -0.1) is 21.5 Å². The maximum absolute atomic E-state index is 12.3. The zero-order valence-corrected chi connectivity index (χ0v) is 17.5. The van der Waals surface area contributed by atoms with Gasteiger partial charge in [-0.1, -0.05) is 17.8 Å². The smallest absolute Gasteiger partial charge is 0.253 e. The number of nitrogens with one attached hydrogen (secondary N) is 1. The molecule has 0 saturated carbocycles. The van der Waals surface area contributed by atoms with Crippen molar-refractivity contribution in [2.24, 2.45) is 0 Å². The second kappa shape index (κ2) is 9.03. The Hall–Kier alpha value is -2.65. The highest BCUT2D eigenvalue weighted by Crippen LogP contribution is 2.27. The van der Waals surface area contributed by atoms with Gasteiger partial charge in [-0.25, -0.2) is 0 Å². The number of hydrogen-bond donors (Lipinski definition) is 1. The fourth-order valence-electron chi connectivity index (χ4n) is 2.55. The molecule has 0 spiro atoms. The lowest BCUT2D eigenvalue weighted by atomic mass is 10.2. The zero-order chi connectivity index (χ0) is 20.1. The zero-order valence-electron chi connectivity index (χ0n) is 15.9.